The molecule has 0 bridgehead atoms. The molecule has 5 aromatic heterocycles. The van der Waals surface area contributed by atoms with Crippen LogP contribution in [-0.2, 0) is 25.8 Å². The van der Waals surface area contributed by atoms with Crippen molar-refractivity contribution in [2.75, 3.05) is 0 Å². The Hall–Kier alpha value is -3.81. The fraction of sp³-hybridized carbons (Fsp3) is 0.300. The van der Waals surface area contributed by atoms with Crippen LogP contribution in [0.1, 0.15) is 49.0 Å². The molecule has 13 heteroatoms. The molecule has 10 nitrogen and oxygen atoms in total. The number of pyridine rings is 2. The van der Waals surface area contributed by atoms with E-state index in [0.29, 0.717) is 22.5 Å². The van der Waals surface area contributed by atoms with E-state index in [0.717, 1.165) is 57.2 Å². The van der Waals surface area contributed by atoms with E-state index in [4.69, 9.17) is 14.5 Å². The molecule has 5 aromatic rings. The molecule has 6 rings (SSSR count). The van der Waals surface area contributed by atoms with Gasteiger partial charge in [0.1, 0.15) is 17.8 Å². The van der Waals surface area contributed by atoms with Crippen LogP contribution in [0.2, 0.25) is 0 Å². The molecule has 1 saturated heterocycles. The van der Waals surface area contributed by atoms with Crippen LogP contribution >= 0.6 is 22.7 Å². The molecule has 0 radical (unpaired) electrons. The van der Waals surface area contributed by atoms with Gasteiger partial charge in [-0.1, -0.05) is 0 Å². The van der Waals surface area contributed by atoms with Crippen molar-refractivity contribution in [3.8, 4) is 32.3 Å². The van der Waals surface area contributed by atoms with Gasteiger partial charge in [0, 0.05) is 47.1 Å². The summed E-state index contributed by atoms with van der Waals surface area (Å²) < 4.78 is 7.36. The average Bonchev–Trinajstić information content (AvgIpc) is 3.79. The van der Waals surface area contributed by atoms with Crippen LogP contribution in [0.15, 0.2) is 52.7 Å². The first kappa shape index (κ1) is 30.6. The van der Waals surface area contributed by atoms with Gasteiger partial charge in [0.05, 0.1) is 16.1 Å². The first-order valence-electron chi connectivity index (χ1n) is 13.7. The van der Waals surface area contributed by atoms with Crippen molar-refractivity contribution in [2.45, 2.75) is 58.9 Å². The number of rotatable bonds is 10. The van der Waals surface area contributed by atoms with Gasteiger partial charge in [-0.2, -0.15) is 0 Å². The number of hydrogen-bond donors (Lipinski definition) is 0. The molecule has 0 N–H and O–H groups in total. The van der Waals surface area contributed by atoms with Crippen LogP contribution in [0.25, 0.3) is 43.3 Å². The summed E-state index contributed by atoms with van der Waals surface area (Å²) in [7, 11) is 0. The topological polar surface area (TPSA) is 119 Å². The predicted octanol–water partition coefficient (Wildman–Crippen LogP) is 2.82. The smallest absolute Gasteiger partial charge is 0.333 e. The van der Waals surface area contributed by atoms with Crippen molar-refractivity contribution in [2.24, 2.45) is 0 Å². The van der Waals surface area contributed by atoms with Crippen molar-refractivity contribution in [3.05, 3.63) is 58.5 Å². The third kappa shape index (κ3) is 6.58. The molecule has 1 aliphatic rings. The lowest BCUT2D eigenvalue weighted by Gasteiger charge is -2.12. The van der Waals surface area contributed by atoms with E-state index >= 15 is 0 Å². The Labute approximate surface area is 266 Å². The standard InChI is InChI=1S/C30H28N5O5S2.BrH/c1-18-15-22(41-17-18)26-27(31-28(21-10-9-19(2)42-21)30-29(26)32-40-33-30)20-7-6-14-34(16-20)13-5-3-4-8-25(38)39-35-23(36)11-12-24(35)37;/h6-7,9-10,14-17H,3-5,8,11-13H2,1-2H3;1H/q+1;/p-1. The number of aryl methyl sites for hydroxylation is 3. The Morgan fingerprint density at radius 1 is 1.02 bits per heavy atom. The molecular weight excluding hydrogens is 654 g/mol. The van der Waals surface area contributed by atoms with Gasteiger partial charge >= 0.3 is 5.97 Å². The Kier molecular flexibility index (Phi) is 9.43. The summed E-state index contributed by atoms with van der Waals surface area (Å²) >= 11 is 3.29. The fourth-order valence-corrected chi connectivity index (χ4v) is 6.73. The number of fused-ring (bicyclic) bond motifs is 1. The highest BCUT2D eigenvalue weighted by atomic mass is 79.9. The summed E-state index contributed by atoms with van der Waals surface area (Å²) in [4.78, 5) is 48.7. The first-order valence-corrected chi connectivity index (χ1v) is 15.4. The zero-order valence-electron chi connectivity index (χ0n) is 23.5. The zero-order valence-corrected chi connectivity index (χ0v) is 26.8. The lowest BCUT2D eigenvalue weighted by Crippen LogP contribution is -3.00. The average molecular weight is 683 g/mol. The van der Waals surface area contributed by atoms with Gasteiger partial charge in [-0.3, -0.25) is 9.59 Å². The molecular formula is C30H28BrN5O5S2. The second-order valence-electron chi connectivity index (χ2n) is 10.2. The first-order chi connectivity index (χ1) is 20.4. The van der Waals surface area contributed by atoms with Gasteiger partial charge in [0.25, 0.3) is 11.8 Å². The SMILES string of the molecule is Cc1csc(-c2c(-c3ccc[n+](CCCCCC(=O)ON4C(=O)CCC4=O)c3)nc(-c3ccc(C)s3)c3nonc23)c1.[Br-]. The van der Waals surface area contributed by atoms with E-state index in [1.807, 2.05) is 18.3 Å². The van der Waals surface area contributed by atoms with E-state index in [1.165, 1.54) is 4.88 Å². The number of carbonyl (C=O) groups is 3. The quantitative estimate of drug-likeness (QED) is 0.125. The number of nitrogens with zero attached hydrogens (tertiary/aromatic N) is 5. The predicted molar refractivity (Wildman–Crippen MR) is 157 cm³/mol. The minimum atomic E-state index is -0.565. The molecule has 0 atom stereocenters. The monoisotopic (exact) mass is 681 g/mol. The zero-order chi connectivity index (χ0) is 29.2. The second kappa shape index (κ2) is 13.2. The van der Waals surface area contributed by atoms with Gasteiger partial charge in [0.2, 0.25) is 0 Å². The molecule has 2 amide bonds. The number of unbranched alkanes of at least 4 members (excludes halogenated alkanes) is 2. The van der Waals surface area contributed by atoms with Crippen molar-refractivity contribution < 1.29 is 45.4 Å². The van der Waals surface area contributed by atoms with Gasteiger partial charge in [-0.05, 0) is 72.2 Å². The molecule has 0 aromatic carbocycles. The van der Waals surface area contributed by atoms with Crippen LogP contribution in [0, 0.1) is 13.8 Å². The van der Waals surface area contributed by atoms with Gasteiger partial charge in [-0.15, -0.1) is 27.7 Å². The molecule has 1 fully saturated rings. The van der Waals surface area contributed by atoms with Crippen LogP contribution in [0.3, 0.4) is 0 Å². The van der Waals surface area contributed by atoms with E-state index in [2.05, 4.69) is 58.5 Å². The molecule has 0 aliphatic carbocycles. The normalized spacial score (nSPS) is 13.1. The number of carbonyl (C=O) groups excluding carboxylic acids is 3. The fourth-order valence-electron chi connectivity index (χ4n) is 4.93. The molecule has 0 unspecified atom stereocenters. The minimum absolute atomic E-state index is 0. The van der Waals surface area contributed by atoms with E-state index in [-0.39, 0.29) is 36.2 Å². The third-order valence-electron chi connectivity index (χ3n) is 6.99. The maximum absolute atomic E-state index is 12.1. The number of imide groups is 1. The molecule has 1 aliphatic heterocycles. The maximum atomic E-state index is 12.1. The number of halogens is 1. The number of amides is 2. The summed E-state index contributed by atoms with van der Waals surface area (Å²) in [6.45, 7) is 4.87. The lowest BCUT2D eigenvalue weighted by molar-refractivity contribution is -0.696. The minimum Gasteiger partial charge on any atom is -1.00 e. The van der Waals surface area contributed by atoms with E-state index in [9.17, 15) is 14.4 Å². The molecule has 0 saturated carbocycles. The summed E-state index contributed by atoms with van der Waals surface area (Å²) in [6, 6.07) is 10.3. The number of aromatic nitrogens is 4. The van der Waals surface area contributed by atoms with Crippen molar-refractivity contribution in [1.82, 2.24) is 20.4 Å². The Morgan fingerprint density at radius 2 is 1.81 bits per heavy atom. The van der Waals surface area contributed by atoms with Crippen molar-refractivity contribution in [1.29, 1.82) is 0 Å². The third-order valence-corrected chi connectivity index (χ3v) is 9.06. The molecule has 6 heterocycles. The van der Waals surface area contributed by atoms with Gasteiger partial charge in [0.15, 0.2) is 17.9 Å². The number of thiophene rings is 2. The highest BCUT2D eigenvalue weighted by molar-refractivity contribution is 7.15. The Bertz CT molecular complexity index is 1800. The summed E-state index contributed by atoms with van der Waals surface area (Å²) in [5.74, 6) is -1.49. The summed E-state index contributed by atoms with van der Waals surface area (Å²) in [6.07, 6.45) is 6.62. The lowest BCUT2D eigenvalue weighted by atomic mass is 10.0. The van der Waals surface area contributed by atoms with Crippen molar-refractivity contribution >= 4 is 51.5 Å². The number of hydroxylamine groups is 2. The van der Waals surface area contributed by atoms with Crippen LogP contribution in [-0.4, -0.2) is 38.1 Å². The number of hydrogen-bond acceptors (Lipinski definition) is 10. The van der Waals surface area contributed by atoms with Gasteiger partial charge in [-0.25, -0.2) is 19.0 Å². The van der Waals surface area contributed by atoms with E-state index in [1.54, 1.807) is 22.7 Å². The summed E-state index contributed by atoms with van der Waals surface area (Å²) in [5, 5.41) is 11.3. The largest absolute Gasteiger partial charge is 1.00 e. The second-order valence-corrected chi connectivity index (χ2v) is 12.4. The van der Waals surface area contributed by atoms with Crippen LogP contribution < -0.4 is 21.5 Å². The Morgan fingerprint density at radius 3 is 2.53 bits per heavy atom. The Balaban J connectivity index is 0.00000368. The van der Waals surface area contributed by atoms with E-state index < -0.39 is 17.8 Å². The molecule has 222 valence electrons. The highest BCUT2D eigenvalue weighted by Gasteiger charge is 2.32. The van der Waals surface area contributed by atoms with Crippen LogP contribution in [0.5, 0.6) is 0 Å². The highest BCUT2D eigenvalue weighted by Crippen LogP contribution is 2.42. The maximum Gasteiger partial charge on any atom is 0.333 e. The van der Waals surface area contributed by atoms with Gasteiger partial charge < -0.3 is 21.8 Å². The molecule has 0 spiro atoms. The summed E-state index contributed by atoms with van der Waals surface area (Å²) in [5.41, 5.74) is 5.88. The molecule has 43 heavy (non-hydrogen) atoms. The van der Waals surface area contributed by atoms with Crippen molar-refractivity contribution in [3.63, 3.8) is 0 Å². The van der Waals surface area contributed by atoms with Crippen LogP contribution in [0.4, 0.5) is 0 Å².